The monoisotopic (exact) mass is 433 g/mol. The molecule has 1 aliphatic heterocycles. The molecule has 2 aliphatic rings. The zero-order valence-corrected chi connectivity index (χ0v) is 18.3. The molecule has 0 aromatic heterocycles. The van der Waals surface area contributed by atoms with Crippen molar-refractivity contribution in [1.29, 1.82) is 0 Å². The van der Waals surface area contributed by atoms with Crippen molar-refractivity contribution >= 4 is 29.4 Å². The van der Waals surface area contributed by atoms with Gasteiger partial charge in [0.15, 0.2) is 12.4 Å². The Morgan fingerprint density at radius 1 is 1.20 bits per heavy atom. The predicted octanol–water partition coefficient (Wildman–Crippen LogP) is 2.89. The summed E-state index contributed by atoms with van der Waals surface area (Å²) in [6, 6.07) is 7.43. The van der Waals surface area contributed by atoms with Crippen LogP contribution in [0.4, 0.5) is 0 Å². The highest BCUT2D eigenvalue weighted by Gasteiger charge is 2.42. The first kappa shape index (κ1) is 24.0. The van der Waals surface area contributed by atoms with Gasteiger partial charge in [-0.25, -0.2) is 0 Å². The maximum atomic E-state index is 13.0. The van der Waals surface area contributed by atoms with Gasteiger partial charge in [0.2, 0.25) is 5.91 Å². The number of aliphatic hydroxyl groups excluding tert-OH is 2. The van der Waals surface area contributed by atoms with Gasteiger partial charge < -0.3 is 24.6 Å². The number of halogens is 1. The number of allylic oxidation sites excluding steroid dienone is 4. The van der Waals surface area contributed by atoms with E-state index in [1.165, 1.54) is 4.90 Å². The number of rotatable bonds is 6. The molecule has 0 spiro atoms. The molecule has 3 unspecified atom stereocenters. The minimum atomic E-state index is -0.875. The van der Waals surface area contributed by atoms with E-state index in [0.717, 1.165) is 30.1 Å². The molecule has 0 bridgehead atoms. The summed E-state index contributed by atoms with van der Waals surface area (Å²) >= 11 is 6.26. The van der Waals surface area contributed by atoms with Gasteiger partial charge in [0, 0.05) is 25.1 Å². The molecule has 0 radical (unpaired) electrons. The Balaban J connectivity index is 0.00000155. The Morgan fingerprint density at radius 3 is 2.37 bits per heavy atom. The van der Waals surface area contributed by atoms with E-state index in [1.807, 2.05) is 50.3 Å². The Labute approximate surface area is 182 Å². The lowest BCUT2D eigenvalue weighted by Crippen LogP contribution is -2.46. The van der Waals surface area contributed by atoms with Crippen LogP contribution in [0, 0.1) is 11.8 Å². The normalized spacial score (nSPS) is 21.7. The summed E-state index contributed by atoms with van der Waals surface area (Å²) in [6.45, 7) is 3.64. The molecule has 7 heteroatoms. The first-order chi connectivity index (χ1) is 14.4. The summed E-state index contributed by atoms with van der Waals surface area (Å²) in [6.07, 6.45) is 5.06. The number of hydrogen-bond acceptors (Lipinski definition) is 5. The van der Waals surface area contributed by atoms with Gasteiger partial charge in [-0.15, -0.1) is 0 Å². The van der Waals surface area contributed by atoms with Crippen LogP contribution >= 0.6 is 11.6 Å². The van der Waals surface area contributed by atoms with Crippen molar-refractivity contribution in [2.45, 2.75) is 32.7 Å². The van der Waals surface area contributed by atoms with Gasteiger partial charge in [-0.3, -0.25) is 4.79 Å². The summed E-state index contributed by atoms with van der Waals surface area (Å²) in [5.41, 5.74) is 3.00. The van der Waals surface area contributed by atoms with Crippen LogP contribution in [0.2, 0.25) is 0 Å². The van der Waals surface area contributed by atoms with E-state index in [0.29, 0.717) is 10.7 Å². The van der Waals surface area contributed by atoms with Crippen LogP contribution in [0.3, 0.4) is 0 Å². The fraction of sp³-hybridized carbons (Fsp3) is 0.391. The number of ether oxygens (including phenoxy) is 1. The average molecular weight is 434 g/mol. The molecule has 1 heterocycles. The molecule has 0 saturated heterocycles. The summed E-state index contributed by atoms with van der Waals surface area (Å²) in [7, 11) is 2.67. The fourth-order valence-electron chi connectivity index (χ4n) is 3.77. The first-order valence-electron chi connectivity index (χ1n) is 9.70. The van der Waals surface area contributed by atoms with Crippen LogP contribution in [-0.4, -0.2) is 53.7 Å². The molecule has 30 heavy (non-hydrogen) atoms. The molecule has 3 rings (SSSR count). The van der Waals surface area contributed by atoms with E-state index in [1.54, 1.807) is 13.1 Å². The zero-order valence-electron chi connectivity index (χ0n) is 17.6. The van der Waals surface area contributed by atoms with Crippen LogP contribution in [0.5, 0.6) is 0 Å². The molecule has 0 saturated carbocycles. The smallest absolute Gasteiger partial charge is 0.234 e. The Hall–Kier alpha value is -2.25. The van der Waals surface area contributed by atoms with Crippen molar-refractivity contribution in [3.63, 3.8) is 0 Å². The first-order valence-corrected chi connectivity index (χ1v) is 10.1. The lowest BCUT2D eigenvalue weighted by Gasteiger charge is -2.40. The van der Waals surface area contributed by atoms with E-state index < -0.39 is 12.0 Å². The highest BCUT2D eigenvalue weighted by molar-refractivity contribution is 6.31. The zero-order chi connectivity index (χ0) is 22.4. The Morgan fingerprint density at radius 2 is 1.83 bits per heavy atom. The number of benzene rings is 1. The third-order valence-corrected chi connectivity index (χ3v) is 5.29. The molecule has 1 amide bonds. The van der Waals surface area contributed by atoms with E-state index in [-0.39, 0.29) is 24.5 Å². The largest absolute Gasteiger partial charge is 0.400 e. The highest BCUT2D eigenvalue weighted by atomic mass is 35.5. The SMILES string of the molecule is CC(C)OC(C=O)C1=C(c2ccc(CO)cc2)C2C=C(Cl)C=CC2C(=O)N1C.CO. The van der Waals surface area contributed by atoms with E-state index in [2.05, 4.69) is 0 Å². The number of amides is 1. The minimum absolute atomic E-state index is 0.0570. The van der Waals surface area contributed by atoms with Crippen LogP contribution in [-0.2, 0) is 20.9 Å². The van der Waals surface area contributed by atoms with Gasteiger partial charge in [-0.2, -0.15) is 0 Å². The van der Waals surface area contributed by atoms with Crippen molar-refractivity contribution in [1.82, 2.24) is 4.90 Å². The number of aliphatic hydroxyl groups is 2. The third kappa shape index (κ3) is 4.90. The maximum absolute atomic E-state index is 13.0. The number of nitrogens with zero attached hydrogens (tertiary/aromatic N) is 1. The third-order valence-electron chi connectivity index (χ3n) is 5.03. The standard InChI is InChI=1S/C22H24ClNO4.CH4O/c1-13(2)28-19(12-26)21-20(15-6-4-14(11-25)5-7-15)18-10-16(23)8-9-17(18)22(27)24(21)3;1-2/h4-10,12-13,17-19,25H,11H2,1-3H3;2H,1H3. The summed E-state index contributed by atoms with van der Waals surface area (Å²) in [4.78, 5) is 26.5. The van der Waals surface area contributed by atoms with Crippen molar-refractivity contribution in [2.24, 2.45) is 11.8 Å². The molecule has 3 atom stereocenters. The van der Waals surface area contributed by atoms with Crippen molar-refractivity contribution in [3.05, 3.63) is 64.3 Å². The maximum Gasteiger partial charge on any atom is 0.234 e. The minimum Gasteiger partial charge on any atom is -0.400 e. The molecule has 6 nitrogen and oxygen atoms in total. The van der Waals surface area contributed by atoms with Gasteiger partial charge in [0.05, 0.1) is 24.3 Å². The predicted molar refractivity (Wildman–Crippen MR) is 116 cm³/mol. The lowest BCUT2D eigenvalue weighted by molar-refractivity contribution is -0.134. The molecular weight excluding hydrogens is 406 g/mol. The van der Waals surface area contributed by atoms with E-state index in [9.17, 15) is 14.7 Å². The lowest BCUT2D eigenvalue weighted by atomic mass is 9.74. The molecule has 162 valence electrons. The number of aldehydes is 1. The topological polar surface area (TPSA) is 87.1 Å². The number of carbonyl (C=O) groups excluding carboxylic acids is 2. The van der Waals surface area contributed by atoms with Crippen molar-refractivity contribution < 1.29 is 24.5 Å². The molecule has 1 aliphatic carbocycles. The van der Waals surface area contributed by atoms with Crippen LogP contribution < -0.4 is 0 Å². The van der Waals surface area contributed by atoms with Gasteiger partial charge in [-0.1, -0.05) is 48.0 Å². The van der Waals surface area contributed by atoms with Gasteiger partial charge >= 0.3 is 0 Å². The van der Waals surface area contributed by atoms with Crippen LogP contribution in [0.1, 0.15) is 25.0 Å². The van der Waals surface area contributed by atoms with Crippen LogP contribution in [0.25, 0.3) is 5.57 Å². The number of likely N-dealkylation sites (N-methyl/N-ethyl adjacent to an activating group) is 1. The van der Waals surface area contributed by atoms with Gasteiger partial charge in [0.25, 0.3) is 0 Å². The summed E-state index contributed by atoms with van der Waals surface area (Å²) in [5.74, 6) is -0.795. The Bertz CT molecular complexity index is 857. The second-order valence-corrected chi connectivity index (χ2v) is 7.69. The summed E-state index contributed by atoms with van der Waals surface area (Å²) in [5, 5.41) is 16.9. The molecule has 1 aromatic carbocycles. The number of fused-ring (bicyclic) bond motifs is 1. The van der Waals surface area contributed by atoms with E-state index in [4.69, 9.17) is 21.4 Å². The Kier molecular flexibility index (Phi) is 8.55. The molecule has 1 aromatic rings. The molecule has 0 fully saturated rings. The van der Waals surface area contributed by atoms with Crippen molar-refractivity contribution in [3.8, 4) is 0 Å². The second-order valence-electron chi connectivity index (χ2n) is 7.25. The molecular formula is C23H28ClNO5. The average Bonchev–Trinajstić information content (AvgIpc) is 2.76. The van der Waals surface area contributed by atoms with Gasteiger partial charge in [-0.05, 0) is 36.6 Å². The van der Waals surface area contributed by atoms with Crippen LogP contribution in [0.15, 0.2) is 53.2 Å². The quantitative estimate of drug-likeness (QED) is 0.673. The number of hydrogen-bond donors (Lipinski definition) is 2. The van der Waals surface area contributed by atoms with Gasteiger partial charge in [0.1, 0.15) is 0 Å². The fourth-order valence-corrected chi connectivity index (χ4v) is 3.98. The van der Waals surface area contributed by atoms with E-state index >= 15 is 0 Å². The second kappa shape index (κ2) is 10.7. The molecule has 2 N–H and O–H groups in total. The summed E-state index contributed by atoms with van der Waals surface area (Å²) < 4.78 is 5.83. The van der Waals surface area contributed by atoms with Crippen molar-refractivity contribution in [2.75, 3.05) is 14.2 Å². The highest BCUT2D eigenvalue weighted by Crippen LogP contribution is 2.44. The number of carbonyl (C=O) groups is 2.